The molecule has 9 heteroatoms. The first-order valence-corrected chi connectivity index (χ1v) is 9.76. The molecular weight excluding hydrogens is 404 g/mol. The Balaban J connectivity index is 1.43. The van der Waals surface area contributed by atoms with Crippen LogP contribution in [-0.4, -0.2) is 28.6 Å². The fraction of sp³-hybridized carbons (Fsp3) is 0.211. The minimum Gasteiger partial charge on any atom is -0.489 e. The lowest BCUT2D eigenvalue weighted by Gasteiger charge is -2.09. The Morgan fingerprint density at radius 1 is 1.32 bits per heavy atom. The fourth-order valence-electron chi connectivity index (χ4n) is 2.67. The molecule has 1 aliphatic heterocycles. The van der Waals surface area contributed by atoms with Crippen molar-refractivity contribution < 1.29 is 19.0 Å². The van der Waals surface area contributed by atoms with Crippen LogP contribution in [0.15, 0.2) is 40.6 Å². The van der Waals surface area contributed by atoms with Crippen LogP contribution in [0.1, 0.15) is 17.7 Å². The highest BCUT2D eigenvalue weighted by molar-refractivity contribution is 7.15. The molecule has 7 nitrogen and oxygen atoms in total. The number of rotatable bonds is 4. The summed E-state index contributed by atoms with van der Waals surface area (Å²) in [6.07, 6.45) is 5.28. The van der Waals surface area contributed by atoms with E-state index in [0.717, 1.165) is 6.42 Å². The number of hydrogen-bond acceptors (Lipinski definition) is 7. The number of nitrogens with zero attached hydrogens (tertiary/aromatic N) is 2. The highest BCUT2D eigenvalue weighted by atomic mass is 35.5. The molecule has 0 spiro atoms. The summed E-state index contributed by atoms with van der Waals surface area (Å²) in [4.78, 5) is 28.8. The molecule has 0 saturated carbocycles. The molecule has 0 atom stereocenters. The minimum atomic E-state index is -0.559. The normalized spacial score (nSPS) is 13.6. The van der Waals surface area contributed by atoms with Crippen molar-refractivity contribution in [2.45, 2.75) is 13.0 Å². The van der Waals surface area contributed by atoms with E-state index in [2.05, 4.69) is 4.98 Å². The Kier molecular flexibility index (Phi) is 5.31. The van der Waals surface area contributed by atoms with Crippen LogP contribution in [0.5, 0.6) is 11.5 Å². The molecule has 144 valence electrons. The Bertz CT molecular complexity index is 1120. The molecule has 0 radical (unpaired) electrons. The van der Waals surface area contributed by atoms with E-state index in [1.54, 1.807) is 29.8 Å². The predicted molar refractivity (Wildman–Crippen MR) is 105 cm³/mol. The Morgan fingerprint density at radius 2 is 2.18 bits per heavy atom. The van der Waals surface area contributed by atoms with E-state index in [0.29, 0.717) is 46.0 Å². The summed E-state index contributed by atoms with van der Waals surface area (Å²) in [7, 11) is 0. The van der Waals surface area contributed by atoms with Crippen molar-refractivity contribution in [3.8, 4) is 11.5 Å². The van der Waals surface area contributed by atoms with Gasteiger partial charge in [-0.05, 0) is 23.8 Å². The lowest BCUT2D eigenvalue weighted by atomic mass is 10.2. The van der Waals surface area contributed by atoms with Crippen LogP contribution >= 0.6 is 22.9 Å². The predicted octanol–water partition coefficient (Wildman–Crippen LogP) is 3.33. The summed E-state index contributed by atoms with van der Waals surface area (Å²) in [5, 5.41) is 2.18. The van der Waals surface area contributed by atoms with Crippen LogP contribution in [0.25, 0.3) is 11.0 Å². The molecule has 0 unspecified atom stereocenters. The summed E-state index contributed by atoms with van der Waals surface area (Å²) < 4.78 is 17.8. The van der Waals surface area contributed by atoms with Gasteiger partial charge >= 0.3 is 5.97 Å². The zero-order valence-electron chi connectivity index (χ0n) is 14.6. The summed E-state index contributed by atoms with van der Waals surface area (Å²) >= 11 is 7.57. The lowest BCUT2D eigenvalue weighted by Crippen LogP contribution is -2.14. The number of esters is 1. The highest BCUT2D eigenvalue weighted by Crippen LogP contribution is 2.38. The zero-order chi connectivity index (χ0) is 19.5. The van der Waals surface area contributed by atoms with Gasteiger partial charge in [0.05, 0.1) is 23.9 Å². The second kappa shape index (κ2) is 8.04. The summed E-state index contributed by atoms with van der Waals surface area (Å²) in [5.74, 6) is 0.503. The molecule has 28 heavy (non-hydrogen) atoms. The number of thiazole rings is 1. The number of carbonyl (C=O) groups is 1. The van der Waals surface area contributed by atoms with Crippen LogP contribution < -0.4 is 15.0 Å². The molecular formula is C19H15ClN2O5S. The zero-order valence-corrected chi connectivity index (χ0v) is 16.2. The van der Waals surface area contributed by atoms with Gasteiger partial charge in [-0.2, -0.15) is 0 Å². The molecule has 1 aliphatic rings. The van der Waals surface area contributed by atoms with Crippen LogP contribution in [0.4, 0.5) is 0 Å². The van der Waals surface area contributed by atoms with Crippen molar-refractivity contribution in [3.05, 3.63) is 62.5 Å². The fourth-order valence-corrected chi connectivity index (χ4v) is 3.68. The van der Waals surface area contributed by atoms with E-state index in [1.165, 1.54) is 27.9 Å². The van der Waals surface area contributed by atoms with Gasteiger partial charge in [-0.1, -0.05) is 11.6 Å². The number of halogens is 1. The first-order chi connectivity index (χ1) is 13.6. The van der Waals surface area contributed by atoms with E-state index >= 15 is 0 Å². The smallest absolute Gasteiger partial charge is 0.331 e. The monoisotopic (exact) mass is 418 g/mol. The Morgan fingerprint density at radius 3 is 3.07 bits per heavy atom. The highest BCUT2D eigenvalue weighted by Gasteiger charge is 2.15. The van der Waals surface area contributed by atoms with E-state index in [9.17, 15) is 9.59 Å². The van der Waals surface area contributed by atoms with Gasteiger partial charge in [0.1, 0.15) is 6.61 Å². The molecule has 1 aromatic carbocycles. The number of fused-ring (bicyclic) bond motifs is 2. The topological polar surface area (TPSA) is 79.1 Å². The van der Waals surface area contributed by atoms with Gasteiger partial charge in [0.2, 0.25) is 0 Å². The standard InChI is InChI=1S/C19H15ClN2O5S/c20-14-8-12(9-15-18(14)26-6-1-5-25-15)2-3-17(24)27-11-13-10-16(23)22-4-7-28-19(22)21-13/h2-4,7-10H,1,5-6,11H2. The van der Waals surface area contributed by atoms with Gasteiger partial charge in [-0.25, -0.2) is 9.78 Å². The Hall–Kier alpha value is -2.84. The number of hydrogen-bond donors (Lipinski definition) is 0. The third-order valence-electron chi connectivity index (χ3n) is 3.95. The van der Waals surface area contributed by atoms with Crippen molar-refractivity contribution >= 4 is 39.9 Å². The van der Waals surface area contributed by atoms with Crippen LogP contribution in [0, 0.1) is 0 Å². The number of ether oxygens (including phenoxy) is 3. The largest absolute Gasteiger partial charge is 0.489 e. The first kappa shape index (κ1) is 18.5. The molecule has 0 fully saturated rings. The quantitative estimate of drug-likeness (QED) is 0.477. The second-order valence-corrected chi connectivity index (χ2v) is 7.24. The molecule has 3 heterocycles. The van der Waals surface area contributed by atoms with E-state index in [4.69, 9.17) is 25.8 Å². The number of benzene rings is 1. The van der Waals surface area contributed by atoms with Gasteiger partial charge in [-0.3, -0.25) is 9.20 Å². The van der Waals surface area contributed by atoms with Crippen molar-refractivity contribution in [1.82, 2.24) is 9.38 Å². The van der Waals surface area contributed by atoms with E-state index in [-0.39, 0.29) is 12.2 Å². The molecule has 4 rings (SSSR count). The van der Waals surface area contributed by atoms with Crippen molar-refractivity contribution in [2.75, 3.05) is 13.2 Å². The van der Waals surface area contributed by atoms with E-state index in [1.807, 2.05) is 0 Å². The maximum atomic E-state index is 12.0. The molecule has 0 aliphatic carbocycles. The molecule has 2 aromatic heterocycles. The van der Waals surface area contributed by atoms with Gasteiger partial charge in [0, 0.05) is 30.1 Å². The van der Waals surface area contributed by atoms with Crippen LogP contribution in [0.2, 0.25) is 5.02 Å². The summed E-state index contributed by atoms with van der Waals surface area (Å²) in [6.45, 7) is 0.998. The number of aromatic nitrogens is 2. The molecule has 0 amide bonds. The summed E-state index contributed by atoms with van der Waals surface area (Å²) in [5.41, 5.74) is 0.866. The van der Waals surface area contributed by atoms with Gasteiger partial charge in [-0.15, -0.1) is 11.3 Å². The maximum Gasteiger partial charge on any atom is 0.331 e. The third-order valence-corrected chi connectivity index (χ3v) is 4.99. The van der Waals surface area contributed by atoms with E-state index < -0.39 is 5.97 Å². The Labute approximate surface area is 168 Å². The average molecular weight is 419 g/mol. The SMILES string of the molecule is O=C(C=Cc1cc(Cl)c2c(c1)OCCCO2)OCc1cc(=O)n2ccsc2n1. The van der Waals surface area contributed by atoms with Gasteiger partial charge < -0.3 is 14.2 Å². The second-order valence-electron chi connectivity index (χ2n) is 5.96. The average Bonchev–Trinajstić information content (AvgIpc) is 3.02. The van der Waals surface area contributed by atoms with Crippen molar-refractivity contribution in [2.24, 2.45) is 0 Å². The molecule has 0 saturated heterocycles. The lowest BCUT2D eigenvalue weighted by molar-refractivity contribution is -0.139. The van der Waals surface area contributed by atoms with Crippen molar-refractivity contribution in [1.29, 1.82) is 0 Å². The van der Waals surface area contributed by atoms with Crippen LogP contribution in [0.3, 0.4) is 0 Å². The number of carbonyl (C=O) groups excluding carboxylic acids is 1. The third kappa shape index (κ3) is 4.02. The molecule has 0 bridgehead atoms. The van der Waals surface area contributed by atoms with Gasteiger partial charge in [0.15, 0.2) is 16.5 Å². The van der Waals surface area contributed by atoms with Crippen LogP contribution in [-0.2, 0) is 16.1 Å². The minimum absolute atomic E-state index is 0.0886. The molecule has 3 aromatic rings. The maximum absolute atomic E-state index is 12.0. The molecule has 0 N–H and O–H groups in total. The summed E-state index contributed by atoms with van der Waals surface area (Å²) in [6, 6.07) is 4.79. The van der Waals surface area contributed by atoms with Gasteiger partial charge in [0.25, 0.3) is 5.56 Å². The van der Waals surface area contributed by atoms with Crippen molar-refractivity contribution in [3.63, 3.8) is 0 Å². The first-order valence-electron chi connectivity index (χ1n) is 8.50.